The number of carboxylic acid groups (broad SMARTS) is 1. The van der Waals surface area contributed by atoms with Crippen LogP contribution in [0.1, 0.15) is 23.2 Å². The molecule has 6 nitrogen and oxygen atoms in total. The Labute approximate surface area is 105 Å². The summed E-state index contributed by atoms with van der Waals surface area (Å²) in [5.74, 6) is -0.412. The molecule has 2 heterocycles. The molecule has 1 atom stereocenters. The molecular formula is C12H17N3O3. The highest BCUT2D eigenvalue weighted by Gasteiger charge is 2.24. The van der Waals surface area contributed by atoms with Crippen LogP contribution in [0.3, 0.4) is 0 Å². The van der Waals surface area contributed by atoms with E-state index in [4.69, 9.17) is 5.73 Å². The fourth-order valence-electron chi connectivity index (χ4n) is 2.29. The highest BCUT2D eigenvalue weighted by Crippen LogP contribution is 2.25. The van der Waals surface area contributed by atoms with Crippen molar-refractivity contribution in [3.05, 3.63) is 17.8 Å². The molecule has 4 N–H and O–H groups in total. The average Bonchev–Trinajstić information content (AvgIpc) is 2.38. The van der Waals surface area contributed by atoms with Crippen molar-refractivity contribution >= 4 is 17.5 Å². The number of aromatic nitrogens is 1. The summed E-state index contributed by atoms with van der Waals surface area (Å²) in [7, 11) is 0. The van der Waals surface area contributed by atoms with Gasteiger partial charge in [-0.3, -0.25) is 0 Å². The molecule has 2 rings (SSSR count). The van der Waals surface area contributed by atoms with Gasteiger partial charge in [0.15, 0.2) is 0 Å². The number of piperidine rings is 1. The van der Waals surface area contributed by atoms with Crippen molar-refractivity contribution in [3.63, 3.8) is 0 Å². The lowest BCUT2D eigenvalue weighted by atomic mass is 9.98. The van der Waals surface area contributed by atoms with Gasteiger partial charge in [0.1, 0.15) is 11.4 Å². The maximum atomic E-state index is 11.2. The van der Waals surface area contributed by atoms with Gasteiger partial charge in [0.25, 0.3) is 0 Å². The van der Waals surface area contributed by atoms with E-state index in [1.807, 2.05) is 4.90 Å². The molecule has 1 aliphatic heterocycles. The van der Waals surface area contributed by atoms with Gasteiger partial charge in [-0.05, 0) is 24.8 Å². The van der Waals surface area contributed by atoms with Crippen LogP contribution in [-0.2, 0) is 0 Å². The number of aliphatic hydroxyl groups is 1. The maximum absolute atomic E-state index is 11.2. The van der Waals surface area contributed by atoms with Gasteiger partial charge in [0, 0.05) is 19.7 Å². The molecule has 0 aromatic carbocycles. The minimum absolute atomic E-state index is 0.119. The molecule has 1 aliphatic rings. The molecule has 1 aromatic heterocycles. The molecule has 6 heteroatoms. The second kappa shape index (κ2) is 5.22. The van der Waals surface area contributed by atoms with E-state index in [1.54, 1.807) is 0 Å². The topological polar surface area (TPSA) is 99.7 Å². The van der Waals surface area contributed by atoms with Crippen molar-refractivity contribution in [2.75, 3.05) is 30.3 Å². The second-order valence-electron chi connectivity index (χ2n) is 4.58. The highest BCUT2D eigenvalue weighted by molar-refractivity contribution is 5.94. The van der Waals surface area contributed by atoms with Gasteiger partial charge in [0.05, 0.1) is 11.9 Å². The first-order chi connectivity index (χ1) is 8.61. The lowest BCUT2D eigenvalue weighted by Crippen LogP contribution is -2.38. The zero-order valence-corrected chi connectivity index (χ0v) is 10.0. The molecule has 0 spiro atoms. The molecule has 0 amide bonds. The number of aromatic carboxylic acids is 1. The number of nitrogens with two attached hydrogens (primary N) is 1. The van der Waals surface area contributed by atoms with Gasteiger partial charge in [-0.25, -0.2) is 9.78 Å². The number of nitrogen functional groups attached to an aromatic ring is 1. The van der Waals surface area contributed by atoms with Crippen LogP contribution in [0.15, 0.2) is 12.3 Å². The standard InChI is InChI=1S/C12H17N3O3/c13-9-4-10(12(17)18)11(14-5-9)15-3-1-2-8(6-15)7-16/h4-5,8,16H,1-3,6-7,13H2,(H,17,18). The number of anilines is 2. The van der Waals surface area contributed by atoms with Crippen molar-refractivity contribution < 1.29 is 15.0 Å². The van der Waals surface area contributed by atoms with E-state index in [9.17, 15) is 15.0 Å². The first kappa shape index (κ1) is 12.6. The van der Waals surface area contributed by atoms with E-state index in [0.717, 1.165) is 19.4 Å². The van der Waals surface area contributed by atoms with Crippen LogP contribution in [0.25, 0.3) is 0 Å². The predicted molar refractivity (Wildman–Crippen MR) is 67.6 cm³/mol. The molecule has 1 aromatic rings. The Bertz CT molecular complexity index is 450. The second-order valence-corrected chi connectivity index (χ2v) is 4.58. The molecule has 1 fully saturated rings. The lowest BCUT2D eigenvalue weighted by Gasteiger charge is -2.33. The summed E-state index contributed by atoms with van der Waals surface area (Å²) in [6, 6.07) is 1.42. The normalized spacial score (nSPS) is 19.8. The van der Waals surface area contributed by atoms with Crippen molar-refractivity contribution in [2.24, 2.45) is 5.92 Å². The van der Waals surface area contributed by atoms with Gasteiger partial charge < -0.3 is 20.8 Å². The van der Waals surface area contributed by atoms with Crippen LogP contribution in [0.4, 0.5) is 11.5 Å². The Hall–Kier alpha value is -1.82. The largest absolute Gasteiger partial charge is 0.478 e. The van der Waals surface area contributed by atoms with Gasteiger partial charge in [-0.2, -0.15) is 0 Å². The monoisotopic (exact) mass is 251 g/mol. The first-order valence-corrected chi connectivity index (χ1v) is 5.96. The van der Waals surface area contributed by atoms with Crippen molar-refractivity contribution in [3.8, 4) is 0 Å². The Morgan fingerprint density at radius 3 is 3.06 bits per heavy atom. The molecule has 1 saturated heterocycles. The molecule has 1 unspecified atom stereocenters. The van der Waals surface area contributed by atoms with Crippen LogP contribution >= 0.6 is 0 Å². The van der Waals surface area contributed by atoms with E-state index >= 15 is 0 Å². The summed E-state index contributed by atoms with van der Waals surface area (Å²) in [4.78, 5) is 17.2. The summed E-state index contributed by atoms with van der Waals surface area (Å²) >= 11 is 0. The molecule has 98 valence electrons. The third-order valence-electron chi connectivity index (χ3n) is 3.19. The third-order valence-corrected chi connectivity index (χ3v) is 3.19. The molecule has 0 radical (unpaired) electrons. The van der Waals surface area contributed by atoms with E-state index in [-0.39, 0.29) is 18.1 Å². The molecule has 0 aliphatic carbocycles. The molecular weight excluding hydrogens is 234 g/mol. The molecule has 18 heavy (non-hydrogen) atoms. The van der Waals surface area contributed by atoms with Crippen molar-refractivity contribution in [2.45, 2.75) is 12.8 Å². The number of nitrogens with zero attached hydrogens (tertiary/aromatic N) is 2. The SMILES string of the molecule is Nc1cnc(N2CCCC(CO)C2)c(C(=O)O)c1. The summed E-state index contributed by atoms with van der Waals surface area (Å²) in [5.41, 5.74) is 6.02. The number of pyridine rings is 1. The Morgan fingerprint density at radius 1 is 1.61 bits per heavy atom. The number of hydrogen-bond acceptors (Lipinski definition) is 5. The summed E-state index contributed by atoms with van der Waals surface area (Å²) < 4.78 is 0. The Balaban J connectivity index is 2.29. The first-order valence-electron chi connectivity index (χ1n) is 5.96. The van der Waals surface area contributed by atoms with E-state index in [0.29, 0.717) is 18.1 Å². The minimum Gasteiger partial charge on any atom is -0.478 e. The van der Waals surface area contributed by atoms with Gasteiger partial charge in [-0.15, -0.1) is 0 Å². The summed E-state index contributed by atoms with van der Waals surface area (Å²) in [5, 5.41) is 18.4. The summed E-state index contributed by atoms with van der Waals surface area (Å²) in [6.45, 7) is 1.51. The smallest absolute Gasteiger partial charge is 0.339 e. The van der Waals surface area contributed by atoms with Gasteiger partial charge in [-0.1, -0.05) is 0 Å². The zero-order valence-electron chi connectivity index (χ0n) is 10.0. The fourth-order valence-corrected chi connectivity index (χ4v) is 2.29. The number of aliphatic hydroxyl groups excluding tert-OH is 1. The van der Waals surface area contributed by atoms with E-state index < -0.39 is 5.97 Å². The van der Waals surface area contributed by atoms with Gasteiger partial charge >= 0.3 is 5.97 Å². The summed E-state index contributed by atoms with van der Waals surface area (Å²) in [6.07, 6.45) is 3.35. The zero-order chi connectivity index (χ0) is 13.1. The highest BCUT2D eigenvalue weighted by atomic mass is 16.4. The Morgan fingerprint density at radius 2 is 2.39 bits per heavy atom. The van der Waals surface area contributed by atoms with Crippen LogP contribution < -0.4 is 10.6 Å². The van der Waals surface area contributed by atoms with Crippen LogP contribution in [0, 0.1) is 5.92 Å². The average molecular weight is 251 g/mol. The van der Waals surface area contributed by atoms with E-state index in [2.05, 4.69) is 4.98 Å². The van der Waals surface area contributed by atoms with E-state index in [1.165, 1.54) is 12.3 Å². The molecule has 0 saturated carbocycles. The van der Waals surface area contributed by atoms with Crippen molar-refractivity contribution in [1.82, 2.24) is 4.98 Å². The predicted octanol–water partition coefficient (Wildman–Crippen LogP) is 0.571. The van der Waals surface area contributed by atoms with Gasteiger partial charge in [0.2, 0.25) is 0 Å². The number of carbonyl (C=O) groups is 1. The minimum atomic E-state index is -1.03. The number of rotatable bonds is 3. The fraction of sp³-hybridized carbons (Fsp3) is 0.500. The maximum Gasteiger partial charge on any atom is 0.339 e. The number of carboxylic acids is 1. The Kier molecular flexibility index (Phi) is 3.66. The van der Waals surface area contributed by atoms with Crippen LogP contribution in [0.2, 0.25) is 0 Å². The quantitative estimate of drug-likeness (QED) is 0.726. The van der Waals surface area contributed by atoms with Crippen molar-refractivity contribution in [1.29, 1.82) is 0 Å². The number of hydrogen-bond donors (Lipinski definition) is 3. The third kappa shape index (κ3) is 2.53. The lowest BCUT2D eigenvalue weighted by molar-refractivity contribution is 0.0697. The van der Waals surface area contributed by atoms with Crippen LogP contribution in [0.5, 0.6) is 0 Å². The molecule has 0 bridgehead atoms. The van der Waals surface area contributed by atoms with Crippen LogP contribution in [-0.4, -0.2) is 40.9 Å².